The van der Waals surface area contributed by atoms with Crippen molar-refractivity contribution in [3.05, 3.63) is 41.9 Å². The van der Waals surface area contributed by atoms with Crippen molar-refractivity contribution in [3.63, 3.8) is 0 Å². The molecule has 34 heavy (non-hydrogen) atoms. The third-order valence-corrected chi connectivity index (χ3v) is 6.13. The summed E-state index contributed by atoms with van der Waals surface area (Å²) in [5.74, 6) is -0.0189. The van der Waals surface area contributed by atoms with Crippen molar-refractivity contribution in [3.8, 4) is 5.88 Å². The maximum absolute atomic E-state index is 12.9. The molecule has 1 amide bonds. The molecule has 10 nitrogen and oxygen atoms in total. The quantitative estimate of drug-likeness (QED) is 0.594. The maximum atomic E-state index is 12.9. The first-order chi connectivity index (χ1) is 16.5. The zero-order valence-electron chi connectivity index (χ0n) is 19.5. The second-order valence-electron chi connectivity index (χ2n) is 8.41. The first-order valence-corrected chi connectivity index (χ1v) is 11.5. The lowest BCUT2D eigenvalue weighted by Crippen LogP contribution is -2.44. The lowest BCUT2D eigenvalue weighted by molar-refractivity contribution is -0.144. The zero-order valence-corrected chi connectivity index (χ0v) is 19.5. The number of aliphatic imine (C=N–C) groups is 1. The number of esters is 1. The molecule has 0 aliphatic carbocycles. The molecule has 1 unspecified atom stereocenters. The summed E-state index contributed by atoms with van der Waals surface area (Å²) in [6.07, 6.45) is 5.47. The predicted octanol–water partition coefficient (Wildman–Crippen LogP) is 2.22. The van der Waals surface area contributed by atoms with Crippen LogP contribution in [0, 0.1) is 5.92 Å². The number of nitrogens with two attached hydrogens (primary N) is 1. The highest BCUT2D eigenvalue weighted by Crippen LogP contribution is 2.34. The van der Waals surface area contributed by atoms with Gasteiger partial charge in [-0.2, -0.15) is 0 Å². The number of ether oxygens (including phenoxy) is 2. The molecule has 1 atom stereocenters. The average molecular weight is 467 g/mol. The molecule has 0 radical (unpaired) electrons. The van der Waals surface area contributed by atoms with Gasteiger partial charge in [-0.15, -0.1) is 0 Å². The number of fused-ring (bicyclic) bond motifs is 1. The fraction of sp³-hybridized carbons (Fsp3) is 0.458. The fourth-order valence-electron chi connectivity index (χ4n) is 4.21. The van der Waals surface area contributed by atoms with Gasteiger partial charge in [0.05, 0.1) is 37.8 Å². The summed E-state index contributed by atoms with van der Waals surface area (Å²) in [5.41, 5.74) is 8.18. The zero-order chi connectivity index (χ0) is 24.1. The summed E-state index contributed by atoms with van der Waals surface area (Å²) >= 11 is 0. The molecule has 10 heteroatoms. The topological polar surface area (TPSA) is 132 Å². The predicted molar refractivity (Wildman–Crippen MR) is 127 cm³/mol. The van der Waals surface area contributed by atoms with E-state index < -0.39 is 5.92 Å². The minimum absolute atomic E-state index is 0.0678. The molecule has 2 aromatic rings. The molecule has 4 rings (SSSR count). The van der Waals surface area contributed by atoms with Crippen LogP contribution in [0.3, 0.4) is 0 Å². The number of methoxy groups -OCH3 is 1. The Kier molecular flexibility index (Phi) is 7.24. The van der Waals surface area contributed by atoms with Gasteiger partial charge in [0, 0.05) is 31.3 Å². The molecule has 0 saturated carbocycles. The fourth-order valence-corrected chi connectivity index (χ4v) is 4.21. The normalized spacial score (nSPS) is 16.6. The van der Waals surface area contributed by atoms with E-state index in [1.165, 1.54) is 0 Å². The van der Waals surface area contributed by atoms with Gasteiger partial charge >= 0.3 is 5.97 Å². The molecule has 180 valence electrons. The number of aromatic nitrogens is 2. The SMILES string of the molecule is CCCOC(=O)C(c1ccc(OC)nc1)c1cc2c(cn1)N=C(N1CCC(C(N)=O)CC1)CN2. The van der Waals surface area contributed by atoms with Crippen molar-refractivity contribution in [2.75, 3.05) is 38.7 Å². The number of pyridine rings is 2. The van der Waals surface area contributed by atoms with Crippen molar-refractivity contribution in [2.24, 2.45) is 16.6 Å². The number of anilines is 1. The van der Waals surface area contributed by atoms with Crippen LogP contribution in [-0.4, -0.2) is 65.9 Å². The van der Waals surface area contributed by atoms with Crippen molar-refractivity contribution in [1.82, 2.24) is 14.9 Å². The molecule has 2 aliphatic rings. The van der Waals surface area contributed by atoms with E-state index in [1.807, 2.05) is 13.0 Å². The summed E-state index contributed by atoms with van der Waals surface area (Å²) in [6.45, 7) is 4.31. The molecule has 0 aromatic carbocycles. The molecule has 0 bridgehead atoms. The second kappa shape index (κ2) is 10.5. The van der Waals surface area contributed by atoms with Crippen LogP contribution in [0.4, 0.5) is 11.4 Å². The number of primary amides is 1. The standard InChI is InChI=1S/C24H30N6O4/c1-3-10-34-24(32)22(16-4-5-21(33-2)28-12-16)18-11-17-19(13-26-18)29-20(14-27-17)30-8-6-15(7-9-30)23(25)31/h4-5,11-13,15,22,27H,3,6-10,14H2,1-2H3,(H2,25,31). The molecule has 1 fully saturated rings. The molecule has 4 heterocycles. The summed E-state index contributed by atoms with van der Waals surface area (Å²) in [4.78, 5) is 40.2. The summed E-state index contributed by atoms with van der Waals surface area (Å²) in [6, 6.07) is 5.35. The first kappa shape index (κ1) is 23.5. The number of rotatable bonds is 7. The van der Waals surface area contributed by atoms with Crippen LogP contribution >= 0.6 is 0 Å². The van der Waals surface area contributed by atoms with Crippen molar-refractivity contribution >= 4 is 29.1 Å². The number of hydrogen-bond donors (Lipinski definition) is 2. The van der Waals surface area contributed by atoms with Gasteiger partial charge in [-0.25, -0.2) is 9.98 Å². The molecule has 2 aliphatic heterocycles. The van der Waals surface area contributed by atoms with E-state index in [0.717, 1.165) is 43.9 Å². The van der Waals surface area contributed by atoms with Gasteiger partial charge < -0.3 is 25.4 Å². The van der Waals surface area contributed by atoms with Gasteiger partial charge in [-0.3, -0.25) is 14.6 Å². The van der Waals surface area contributed by atoms with Crippen molar-refractivity contribution in [1.29, 1.82) is 0 Å². The molecular formula is C24H30N6O4. The van der Waals surface area contributed by atoms with E-state index in [4.69, 9.17) is 20.2 Å². The Morgan fingerprint density at radius 3 is 2.68 bits per heavy atom. The Balaban J connectivity index is 1.57. The van der Waals surface area contributed by atoms with E-state index in [0.29, 0.717) is 36.0 Å². The highest BCUT2D eigenvalue weighted by atomic mass is 16.5. The molecule has 2 aromatic heterocycles. The number of amides is 1. The lowest BCUT2D eigenvalue weighted by Gasteiger charge is -2.34. The largest absolute Gasteiger partial charge is 0.481 e. The van der Waals surface area contributed by atoms with Crippen molar-refractivity contribution in [2.45, 2.75) is 32.1 Å². The minimum Gasteiger partial charge on any atom is -0.481 e. The van der Waals surface area contributed by atoms with Crippen LogP contribution in [0.2, 0.25) is 0 Å². The lowest BCUT2D eigenvalue weighted by atomic mass is 9.95. The molecule has 0 spiro atoms. The number of amidine groups is 1. The summed E-state index contributed by atoms with van der Waals surface area (Å²) in [5, 5.41) is 3.40. The first-order valence-electron chi connectivity index (χ1n) is 11.5. The van der Waals surface area contributed by atoms with Gasteiger partial charge in [0.15, 0.2) is 0 Å². The van der Waals surface area contributed by atoms with Gasteiger partial charge in [-0.1, -0.05) is 13.0 Å². The number of carbonyl (C=O) groups is 2. The van der Waals surface area contributed by atoms with E-state index in [-0.39, 0.29) is 17.8 Å². The number of nitrogens with one attached hydrogen (secondary N) is 1. The summed E-state index contributed by atoms with van der Waals surface area (Å²) < 4.78 is 10.6. The van der Waals surface area contributed by atoms with Gasteiger partial charge in [0.2, 0.25) is 11.8 Å². The Morgan fingerprint density at radius 2 is 2.03 bits per heavy atom. The number of likely N-dealkylation sites (tertiary alicyclic amines) is 1. The maximum Gasteiger partial charge on any atom is 0.319 e. The number of piperidine rings is 1. The van der Waals surface area contributed by atoms with Gasteiger partial charge in [-0.05, 0) is 30.9 Å². The number of hydrogen-bond acceptors (Lipinski definition) is 9. The molecule has 1 saturated heterocycles. The second-order valence-corrected chi connectivity index (χ2v) is 8.41. The highest BCUT2D eigenvalue weighted by molar-refractivity contribution is 5.94. The monoisotopic (exact) mass is 466 g/mol. The van der Waals surface area contributed by atoms with Gasteiger partial charge in [0.25, 0.3) is 0 Å². The van der Waals surface area contributed by atoms with E-state index in [9.17, 15) is 9.59 Å². The van der Waals surface area contributed by atoms with E-state index in [2.05, 4.69) is 20.2 Å². The van der Waals surface area contributed by atoms with E-state index >= 15 is 0 Å². The average Bonchev–Trinajstić information content (AvgIpc) is 2.87. The number of nitrogens with zero attached hydrogens (tertiary/aromatic N) is 4. The van der Waals surface area contributed by atoms with Crippen molar-refractivity contribution < 1.29 is 19.1 Å². The molecule has 3 N–H and O–H groups in total. The number of carbonyl (C=O) groups excluding carboxylic acids is 2. The Bertz CT molecular complexity index is 1060. The molecular weight excluding hydrogens is 436 g/mol. The van der Waals surface area contributed by atoms with Crippen LogP contribution < -0.4 is 15.8 Å². The van der Waals surface area contributed by atoms with Gasteiger partial charge in [0.1, 0.15) is 17.4 Å². The van der Waals surface area contributed by atoms with Crippen LogP contribution in [0.25, 0.3) is 0 Å². The smallest absolute Gasteiger partial charge is 0.319 e. The van der Waals surface area contributed by atoms with Crippen LogP contribution in [-0.2, 0) is 14.3 Å². The van der Waals surface area contributed by atoms with Crippen LogP contribution in [0.1, 0.15) is 43.4 Å². The van der Waals surface area contributed by atoms with Crippen LogP contribution in [0.5, 0.6) is 5.88 Å². The Morgan fingerprint density at radius 1 is 1.24 bits per heavy atom. The third kappa shape index (κ3) is 5.11. The summed E-state index contributed by atoms with van der Waals surface area (Å²) in [7, 11) is 1.54. The Hall–Kier alpha value is -3.69. The minimum atomic E-state index is -0.713. The highest BCUT2D eigenvalue weighted by Gasteiger charge is 2.29. The van der Waals surface area contributed by atoms with Crippen LogP contribution in [0.15, 0.2) is 35.6 Å². The third-order valence-electron chi connectivity index (χ3n) is 6.13. The van der Waals surface area contributed by atoms with E-state index in [1.54, 1.807) is 31.6 Å². The Labute approximate surface area is 198 Å².